The maximum atomic E-state index is 13.7. The zero-order valence-electron chi connectivity index (χ0n) is 25.0. The molecule has 0 unspecified atom stereocenters. The Balaban J connectivity index is 1.38. The van der Waals surface area contributed by atoms with E-state index in [1.54, 1.807) is 0 Å². The topological polar surface area (TPSA) is 75.6 Å². The number of nitrogens with zero attached hydrogens (tertiary/aromatic N) is 2. The zero-order chi connectivity index (χ0) is 29.5. The Hall–Kier alpha value is -4.10. The third-order valence-electron chi connectivity index (χ3n) is 8.22. The summed E-state index contributed by atoms with van der Waals surface area (Å²) in [6.07, 6.45) is 3.52. The smallest absolute Gasteiger partial charge is 0.251 e. The number of benzene rings is 3. The van der Waals surface area contributed by atoms with E-state index in [4.69, 9.17) is 4.74 Å². The lowest BCUT2D eigenvalue weighted by Crippen LogP contribution is -2.37. The highest BCUT2D eigenvalue weighted by molar-refractivity contribution is 5.96. The van der Waals surface area contributed by atoms with Gasteiger partial charge in [-0.1, -0.05) is 48.5 Å². The second kappa shape index (κ2) is 13.7. The molecule has 2 amide bonds. The highest BCUT2D eigenvalue weighted by atomic mass is 16.5. The van der Waals surface area contributed by atoms with E-state index in [1.165, 1.54) is 27.7 Å². The molecule has 0 spiro atoms. The van der Waals surface area contributed by atoms with Crippen molar-refractivity contribution in [2.45, 2.75) is 52.6 Å². The summed E-state index contributed by atoms with van der Waals surface area (Å²) >= 11 is 0. The molecule has 5 rings (SSSR count). The molecule has 0 saturated heterocycles. The van der Waals surface area contributed by atoms with Gasteiger partial charge < -0.3 is 19.9 Å². The molecule has 220 valence electrons. The van der Waals surface area contributed by atoms with Crippen LogP contribution in [0.5, 0.6) is 5.75 Å². The van der Waals surface area contributed by atoms with E-state index >= 15 is 0 Å². The first-order valence-corrected chi connectivity index (χ1v) is 15.0. The molecule has 42 heavy (non-hydrogen) atoms. The number of amides is 2. The summed E-state index contributed by atoms with van der Waals surface area (Å²) in [6, 6.07) is 22.3. The number of carbonyl (C=O) groups excluding carboxylic acids is 2. The molecule has 2 heterocycles. The molecule has 0 radical (unpaired) electrons. The van der Waals surface area contributed by atoms with Crippen LogP contribution in [0.25, 0.3) is 10.9 Å². The van der Waals surface area contributed by atoms with Crippen molar-refractivity contribution < 1.29 is 14.3 Å². The van der Waals surface area contributed by atoms with Crippen molar-refractivity contribution in [3.8, 4) is 5.75 Å². The summed E-state index contributed by atoms with van der Waals surface area (Å²) in [4.78, 5) is 28.6. The van der Waals surface area contributed by atoms with Crippen LogP contribution in [0.4, 0.5) is 0 Å². The predicted molar refractivity (Wildman–Crippen MR) is 168 cm³/mol. The average Bonchev–Trinajstić information content (AvgIpc) is 3.22. The molecule has 3 aromatic carbocycles. The highest BCUT2D eigenvalue weighted by Gasteiger charge is 2.21. The molecule has 1 aromatic heterocycles. The van der Waals surface area contributed by atoms with Crippen LogP contribution in [0.3, 0.4) is 0 Å². The number of aryl methyl sites for hydroxylation is 2. The van der Waals surface area contributed by atoms with Crippen LogP contribution in [-0.4, -0.2) is 47.5 Å². The first-order chi connectivity index (χ1) is 20.4. The summed E-state index contributed by atoms with van der Waals surface area (Å²) in [5.41, 5.74) is 7.44. The highest BCUT2D eigenvalue weighted by Crippen LogP contribution is 2.28. The van der Waals surface area contributed by atoms with Gasteiger partial charge in [0.05, 0.1) is 13.2 Å². The lowest BCUT2D eigenvalue weighted by molar-refractivity contribution is -0.122. The lowest BCUT2D eigenvalue weighted by Gasteiger charge is -2.25. The second-order valence-corrected chi connectivity index (χ2v) is 11.3. The van der Waals surface area contributed by atoms with E-state index < -0.39 is 0 Å². The number of carbonyl (C=O) groups is 2. The Labute approximate surface area is 248 Å². The summed E-state index contributed by atoms with van der Waals surface area (Å²) in [5.74, 6) is 0.577. The van der Waals surface area contributed by atoms with Crippen molar-refractivity contribution in [2.75, 3.05) is 26.2 Å². The third kappa shape index (κ3) is 7.02. The molecule has 0 fully saturated rings. The van der Waals surface area contributed by atoms with Crippen molar-refractivity contribution in [1.29, 1.82) is 0 Å². The Morgan fingerprint density at radius 2 is 1.81 bits per heavy atom. The van der Waals surface area contributed by atoms with Gasteiger partial charge in [0.1, 0.15) is 5.75 Å². The number of ether oxygens (including phenoxy) is 1. The van der Waals surface area contributed by atoms with E-state index in [9.17, 15) is 9.59 Å². The van der Waals surface area contributed by atoms with Crippen LogP contribution in [0, 0.1) is 13.8 Å². The van der Waals surface area contributed by atoms with Crippen LogP contribution in [0.1, 0.15) is 57.6 Å². The number of nitrogens with one attached hydrogen (secondary N) is 2. The maximum absolute atomic E-state index is 13.7. The fraction of sp³-hybridized carbons (Fsp3) is 0.371. The number of rotatable bonds is 6. The second-order valence-electron chi connectivity index (χ2n) is 11.3. The molecule has 7 heteroatoms. The van der Waals surface area contributed by atoms with E-state index in [2.05, 4.69) is 71.3 Å². The number of hydrogen-bond donors (Lipinski definition) is 2. The van der Waals surface area contributed by atoms with Crippen LogP contribution < -0.4 is 15.4 Å². The molecule has 7 nitrogen and oxygen atoms in total. The first-order valence-electron chi connectivity index (χ1n) is 15.0. The molecule has 2 N–H and O–H groups in total. The molecule has 0 atom stereocenters. The minimum Gasteiger partial charge on any atom is -0.493 e. The van der Waals surface area contributed by atoms with Gasteiger partial charge in [0, 0.05) is 61.0 Å². The standard InChI is InChI=1S/C35H42N4O3/c1-25-15-16-29-28(26(2)38(3)32(29)21-25)17-19-37-35(41)30-13-10-14-33-31(30)23-39(22-27-11-6-4-7-12-27)24-34(40)36-18-8-5-9-20-42-33/h4,6-7,10-16,21H,5,8-9,17-20,22-24H2,1-3H3,(H,36,40)(H,37,41). The fourth-order valence-corrected chi connectivity index (χ4v) is 5.85. The Morgan fingerprint density at radius 3 is 2.64 bits per heavy atom. The van der Waals surface area contributed by atoms with Crippen molar-refractivity contribution in [3.63, 3.8) is 0 Å². The summed E-state index contributed by atoms with van der Waals surface area (Å²) < 4.78 is 8.48. The molecule has 4 aromatic rings. The van der Waals surface area contributed by atoms with E-state index in [1.807, 2.05) is 36.4 Å². The fourth-order valence-electron chi connectivity index (χ4n) is 5.85. The SMILES string of the molecule is Cc1ccc2c(CCNC(=O)c3cccc4c3CN(Cc3ccccc3)CC(=O)NCCCCCO4)c(C)n(C)c2c1. The quantitative estimate of drug-likeness (QED) is 0.326. The predicted octanol–water partition coefficient (Wildman–Crippen LogP) is 5.45. The van der Waals surface area contributed by atoms with E-state index in [0.717, 1.165) is 36.8 Å². The number of hydrogen-bond acceptors (Lipinski definition) is 4. The summed E-state index contributed by atoms with van der Waals surface area (Å²) in [5, 5.41) is 7.47. The Bertz CT molecular complexity index is 1540. The van der Waals surface area contributed by atoms with Crippen LogP contribution in [0.2, 0.25) is 0 Å². The first kappa shape index (κ1) is 29.4. The van der Waals surface area contributed by atoms with Gasteiger partial charge in [0.15, 0.2) is 0 Å². The minimum absolute atomic E-state index is 0.00442. The van der Waals surface area contributed by atoms with Crippen molar-refractivity contribution in [3.05, 3.63) is 100 Å². The van der Waals surface area contributed by atoms with Gasteiger partial charge in [-0.2, -0.15) is 0 Å². The minimum atomic E-state index is -0.127. The molecule has 1 aliphatic rings. The van der Waals surface area contributed by atoms with Gasteiger partial charge >= 0.3 is 0 Å². The van der Waals surface area contributed by atoms with Gasteiger partial charge in [-0.25, -0.2) is 0 Å². The molecule has 0 saturated carbocycles. The molecular formula is C35H42N4O3. The Morgan fingerprint density at radius 1 is 0.976 bits per heavy atom. The van der Waals surface area contributed by atoms with Gasteiger partial charge in [0.2, 0.25) is 5.91 Å². The summed E-state index contributed by atoms with van der Waals surface area (Å²) in [7, 11) is 2.10. The average molecular weight is 567 g/mol. The largest absolute Gasteiger partial charge is 0.493 e. The van der Waals surface area contributed by atoms with Crippen molar-refractivity contribution in [2.24, 2.45) is 7.05 Å². The third-order valence-corrected chi connectivity index (χ3v) is 8.22. The Kier molecular flexibility index (Phi) is 9.59. The van der Waals surface area contributed by atoms with Crippen LogP contribution >= 0.6 is 0 Å². The number of fused-ring (bicyclic) bond motifs is 2. The van der Waals surface area contributed by atoms with E-state index in [-0.39, 0.29) is 18.4 Å². The van der Waals surface area contributed by atoms with Crippen LogP contribution in [0.15, 0.2) is 66.7 Å². The van der Waals surface area contributed by atoms with Gasteiger partial charge in [-0.15, -0.1) is 0 Å². The molecular weight excluding hydrogens is 524 g/mol. The number of aromatic nitrogens is 1. The maximum Gasteiger partial charge on any atom is 0.251 e. The normalized spacial score (nSPS) is 15.1. The molecule has 0 aliphatic carbocycles. The lowest BCUT2D eigenvalue weighted by atomic mass is 10.0. The van der Waals surface area contributed by atoms with Gasteiger partial charge in [-0.3, -0.25) is 14.5 Å². The van der Waals surface area contributed by atoms with E-state index in [0.29, 0.717) is 44.1 Å². The summed E-state index contributed by atoms with van der Waals surface area (Å²) in [6.45, 7) is 7.25. The van der Waals surface area contributed by atoms with Gasteiger partial charge in [0.25, 0.3) is 5.91 Å². The monoisotopic (exact) mass is 566 g/mol. The van der Waals surface area contributed by atoms with Crippen molar-refractivity contribution >= 4 is 22.7 Å². The van der Waals surface area contributed by atoms with Crippen molar-refractivity contribution in [1.82, 2.24) is 20.1 Å². The van der Waals surface area contributed by atoms with Crippen LogP contribution in [-0.2, 0) is 31.4 Å². The molecule has 1 aliphatic heterocycles. The molecule has 0 bridgehead atoms. The zero-order valence-corrected chi connectivity index (χ0v) is 25.0. The van der Waals surface area contributed by atoms with Gasteiger partial charge in [-0.05, 0) is 74.4 Å².